The summed E-state index contributed by atoms with van der Waals surface area (Å²) in [5.74, 6) is -1.41. The minimum atomic E-state index is -0.893. The third-order valence-corrected chi connectivity index (χ3v) is 4.53. The molecule has 6 nitrogen and oxygen atoms in total. The highest BCUT2D eigenvalue weighted by Crippen LogP contribution is 2.30. The van der Waals surface area contributed by atoms with Crippen molar-refractivity contribution in [2.45, 2.75) is 38.6 Å². The third-order valence-electron chi connectivity index (χ3n) is 4.53. The maximum atomic E-state index is 12.7. The van der Waals surface area contributed by atoms with Crippen LogP contribution in [0.4, 0.5) is 0 Å². The van der Waals surface area contributed by atoms with Gasteiger partial charge in [0.15, 0.2) is 0 Å². The van der Waals surface area contributed by atoms with E-state index in [1.54, 1.807) is 43.0 Å². The summed E-state index contributed by atoms with van der Waals surface area (Å²) in [6.07, 6.45) is 1.38. The molecule has 1 heterocycles. The average molecular weight is 332 g/mol. The molecule has 1 aliphatic rings. The van der Waals surface area contributed by atoms with E-state index in [9.17, 15) is 14.4 Å². The van der Waals surface area contributed by atoms with Gasteiger partial charge < -0.3 is 15.3 Å². The van der Waals surface area contributed by atoms with Gasteiger partial charge in [-0.2, -0.15) is 0 Å². The van der Waals surface area contributed by atoms with Crippen molar-refractivity contribution < 1.29 is 19.5 Å². The molecule has 0 bridgehead atoms. The van der Waals surface area contributed by atoms with Crippen LogP contribution in [0.5, 0.6) is 0 Å². The molecule has 2 N–H and O–H groups in total. The van der Waals surface area contributed by atoms with E-state index >= 15 is 0 Å². The van der Waals surface area contributed by atoms with E-state index in [1.165, 1.54) is 0 Å². The van der Waals surface area contributed by atoms with Crippen molar-refractivity contribution in [1.82, 2.24) is 10.2 Å². The smallest absolute Gasteiger partial charge is 0.303 e. The van der Waals surface area contributed by atoms with Crippen LogP contribution in [0, 0.1) is 5.92 Å². The molecule has 0 unspecified atom stereocenters. The summed E-state index contributed by atoms with van der Waals surface area (Å²) in [5.41, 5.74) is -0.326. The van der Waals surface area contributed by atoms with E-state index in [2.05, 4.69) is 5.32 Å². The van der Waals surface area contributed by atoms with Gasteiger partial charge in [-0.25, -0.2) is 0 Å². The van der Waals surface area contributed by atoms with Gasteiger partial charge in [0.2, 0.25) is 5.91 Å². The highest BCUT2D eigenvalue weighted by Gasteiger charge is 2.45. The quantitative estimate of drug-likeness (QED) is 0.833. The number of hydrogen-bond donors (Lipinski definition) is 2. The zero-order valence-corrected chi connectivity index (χ0v) is 14.1. The summed E-state index contributed by atoms with van der Waals surface area (Å²) < 4.78 is 0. The molecule has 6 heteroatoms. The Labute approximate surface area is 141 Å². The lowest BCUT2D eigenvalue weighted by molar-refractivity contribution is -0.138. The summed E-state index contributed by atoms with van der Waals surface area (Å²) in [6.45, 7) is 4.38. The first-order valence-electron chi connectivity index (χ1n) is 8.21. The highest BCUT2D eigenvalue weighted by atomic mass is 16.4. The topological polar surface area (TPSA) is 86.7 Å². The fraction of sp³-hybridized carbons (Fsp3) is 0.500. The summed E-state index contributed by atoms with van der Waals surface area (Å²) in [6, 6.07) is 8.93. The third kappa shape index (κ3) is 3.93. The van der Waals surface area contributed by atoms with E-state index in [4.69, 9.17) is 5.11 Å². The van der Waals surface area contributed by atoms with Crippen molar-refractivity contribution in [3.63, 3.8) is 0 Å². The largest absolute Gasteiger partial charge is 0.481 e. The number of aliphatic carboxylic acids is 1. The normalized spacial score (nSPS) is 21.3. The maximum Gasteiger partial charge on any atom is 0.303 e. The second-order valence-corrected chi connectivity index (χ2v) is 6.61. The van der Waals surface area contributed by atoms with Crippen LogP contribution in [0.2, 0.25) is 0 Å². The molecule has 1 aromatic carbocycles. The van der Waals surface area contributed by atoms with Gasteiger partial charge in [0.1, 0.15) is 5.54 Å². The van der Waals surface area contributed by atoms with Gasteiger partial charge in [-0.15, -0.1) is 0 Å². The molecule has 1 aromatic rings. The molecule has 130 valence electrons. The van der Waals surface area contributed by atoms with Crippen LogP contribution in [0.15, 0.2) is 30.3 Å². The number of likely N-dealkylation sites (tertiary alicyclic amines) is 1. The van der Waals surface area contributed by atoms with Crippen LogP contribution < -0.4 is 5.32 Å². The van der Waals surface area contributed by atoms with Crippen LogP contribution in [-0.2, 0) is 9.59 Å². The van der Waals surface area contributed by atoms with Gasteiger partial charge in [0.25, 0.3) is 5.91 Å². The number of carboxylic acid groups (broad SMARTS) is 1. The van der Waals surface area contributed by atoms with Crippen LogP contribution >= 0.6 is 0 Å². The fourth-order valence-electron chi connectivity index (χ4n) is 3.09. The van der Waals surface area contributed by atoms with Crippen LogP contribution in [0.25, 0.3) is 0 Å². The molecule has 1 fully saturated rings. The van der Waals surface area contributed by atoms with Gasteiger partial charge in [-0.05, 0) is 37.8 Å². The molecule has 2 atom stereocenters. The number of carboxylic acids is 1. The van der Waals surface area contributed by atoms with E-state index in [0.29, 0.717) is 18.5 Å². The van der Waals surface area contributed by atoms with Crippen LogP contribution in [-0.4, -0.2) is 46.4 Å². The van der Waals surface area contributed by atoms with E-state index in [1.807, 2.05) is 6.07 Å². The molecule has 2 rings (SSSR count). The van der Waals surface area contributed by atoms with E-state index < -0.39 is 11.5 Å². The van der Waals surface area contributed by atoms with E-state index in [0.717, 1.165) is 6.42 Å². The van der Waals surface area contributed by atoms with E-state index in [-0.39, 0.29) is 30.7 Å². The molecule has 0 saturated carbocycles. The number of benzene rings is 1. The number of nitrogens with one attached hydrogen (secondary N) is 1. The number of carbonyl (C=O) groups excluding carboxylic acids is 2. The van der Waals surface area contributed by atoms with Crippen molar-refractivity contribution in [2.24, 2.45) is 5.92 Å². The molecule has 24 heavy (non-hydrogen) atoms. The van der Waals surface area contributed by atoms with Crippen molar-refractivity contribution in [3.8, 4) is 0 Å². The van der Waals surface area contributed by atoms with Gasteiger partial charge in [-0.3, -0.25) is 14.4 Å². The Morgan fingerprint density at radius 1 is 1.29 bits per heavy atom. The molecule has 0 aromatic heterocycles. The molecule has 1 saturated heterocycles. The predicted molar refractivity (Wildman–Crippen MR) is 89.5 cm³/mol. The SMILES string of the molecule is C[C@@H](CNC(=O)[C@]1(C)CCCN1C(=O)c1ccccc1)CC(=O)O. The standard InChI is InChI=1S/C18H24N2O4/c1-13(11-15(21)22)12-19-17(24)18(2)9-6-10-20(18)16(23)14-7-4-3-5-8-14/h3-5,7-8,13H,6,9-12H2,1-2H3,(H,19,24)(H,21,22)/t13-,18+/m1/s1. The number of hydrogen-bond acceptors (Lipinski definition) is 3. The molecular formula is C18H24N2O4. The molecule has 0 radical (unpaired) electrons. The lowest BCUT2D eigenvalue weighted by Gasteiger charge is -2.34. The molecule has 1 aliphatic heterocycles. The molecule has 0 spiro atoms. The van der Waals surface area contributed by atoms with Crippen molar-refractivity contribution in [1.29, 1.82) is 0 Å². The number of carbonyl (C=O) groups is 3. The average Bonchev–Trinajstić information content (AvgIpc) is 2.95. The van der Waals surface area contributed by atoms with Gasteiger partial charge >= 0.3 is 5.97 Å². The minimum absolute atomic E-state index is 0.00363. The predicted octanol–water partition coefficient (Wildman–Crippen LogP) is 1.91. The zero-order chi connectivity index (χ0) is 17.7. The minimum Gasteiger partial charge on any atom is -0.481 e. The van der Waals surface area contributed by atoms with Crippen LogP contribution in [0.3, 0.4) is 0 Å². The van der Waals surface area contributed by atoms with Crippen LogP contribution in [0.1, 0.15) is 43.5 Å². The van der Waals surface area contributed by atoms with Gasteiger partial charge in [-0.1, -0.05) is 25.1 Å². The first kappa shape index (κ1) is 18.0. The molecular weight excluding hydrogens is 308 g/mol. The number of nitrogens with zero attached hydrogens (tertiary/aromatic N) is 1. The van der Waals surface area contributed by atoms with Gasteiger partial charge in [0, 0.05) is 25.1 Å². The lowest BCUT2D eigenvalue weighted by atomic mass is 9.96. The second-order valence-electron chi connectivity index (χ2n) is 6.61. The fourth-order valence-corrected chi connectivity index (χ4v) is 3.09. The van der Waals surface area contributed by atoms with Crippen molar-refractivity contribution >= 4 is 17.8 Å². The Kier molecular flexibility index (Phi) is 5.59. The summed E-state index contributed by atoms with van der Waals surface area (Å²) in [5, 5.41) is 11.6. The summed E-state index contributed by atoms with van der Waals surface area (Å²) in [4.78, 5) is 37.7. The Balaban J connectivity index is 2.05. The Bertz CT molecular complexity index is 617. The summed E-state index contributed by atoms with van der Waals surface area (Å²) >= 11 is 0. The van der Waals surface area contributed by atoms with Crippen molar-refractivity contribution in [2.75, 3.05) is 13.1 Å². The Morgan fingerprint density at radius 3 is 2.58 bits per heavy atom. The summed E-state index contributed by atoms with van der Waals surface area (Å²) in [7, 11) is 0. The lowest BCUT2D eigenvalue weighted by Crippen LogP contribution is -2.56. The Morgan fingerprint density at radius 2 is 1.96 bits per heavy atom. The second kappa shape index (κ2) is 7.47. The number of rotatable bonds is 6. The molecule has 2 amide bonds. The zero-order valence-electron chi connectivity index (χ0n) is 14.1. The number of amides is 2. The first-order valence-corrected chi connectivity index (χ1v) is 8.21. The maximum absolute atomic E-state index is 12.7. The monoisotopic (exact) mass is 332 g/mol. The first-order chi connectivity index (χ1) is 11.3. The highest BCUT2D eigenvalue weighted by molar-refractivity contribution is 5.99. The molecule has 0 aliphatic carbocycles. The van der Waals surface area contributed by atoms with Crippen molar-refractivity contribution in [3.05, 3.63) is 35.9 Å². The van der Waals surface area contributed by atoms with Gasteiger partial charge in [0.05, 0.1) is 0 Å². The Hall–Kier alpha value is -2.37.